The number of fused-ring (bicyclic) bond motifs is 1. The summed E-state index contributed by atoms with van der Waals surface area (Å²) in [5, 5.41) is 3.86. The number of hydrogen-bond acceptors (Lipinski definition) is 4. The first-order chi connectivity index (χ1) is 11.8. The number of pyridine rings is 2. The summed E-state index contributed by atoms with van der Waals surface area (Å²) >= 11 is 0. The predicted molar refractivity (Wildman–Crippen MR) is 92.9 cm³/mol. The van der Waals surface area contributed by atoms with Crippen LogP contribution in [0.25, 0.3) is 22.0 Å². The molecule has 0 saturated heterocycles. The predicted octanol–water partition coefficient (Wildman–Crippen LogP) is 3.65. The Morgan fingerprint density at radius 2 is 2.04 bits per heavy atom. The average Bonchev–Trinajstić information content (AvgIpc) is 3.47. The van der Waals surface area contributed by atoms with Gasteiger partial charge in [0.15, 0.2) is 0 Å². The van der Waals surface area contributed by atoms with Crippen LogP contribution in [0.1, 0.15) is 12.8 Å². The van der Waals surface area contributed by atoms with Gasteiger partial charge >= 0.3 is 0 Å². The second-order valence-electron chi connectivity index (χ2n) is 5.91. The van der Waals surface area contributed by atoms with Gasteiger partial charge in [0.05, 0.1) is 7.11 Å². The number of carbonyl (C=O) groups excluding carboxylic acids is 1. The Morgan fingerprint density at radius 1 is 1.17 bits per heavy atom. The first kappa shape index (κ1) is 14.6. The Kier molecular flexibility index (Phi) is 3.61. The Balaban J connectivity index is 1.68. The van der Waals surface area contributed by atoms with Gasteiger partial charge in [-0.3, -0.25) is 9.78 Å². The van der Waals surface area contributed by atoms with Crippen molar-refractivity contribution in [3.8, 4) is 16.9 Å². The number of carbonyl (C=O) groups is 1. The molecule has 3 aromatic rings. The molecule has 1 aliphatic carbocycles. The van der Waals surface area contributed by atoms with Gasteiger partial charge in [-0.2, -0.15) is 0 Å². The molecule has 4 rings (SSSR count). The molecular formula is C19H17N3O2. The van der Waals surface area contributed by atoms with E-state index < -0.39 is 0 Å². The molecular weight excluding hydrogens is 302 g/mol. The SMILES string of the molecule is COc1ccc(-c2ccc(NC(=O)C3CC3)nc2)c2cccnc12. The summed E-state index contributed by atoms with van der Waals surface area (Å²) in [6.07, 6.45) is 5.49. The van der Waals surface area contributed by atoms with Gasteiger partial charge in [0.25, 0.3) is 0 Å². The highest BCUT2D eigenvalue weighted by atomic mass is 16.5. The quantitative estimate of drug-likeness (QED) is 0.797. The normalized spacial score (nSPS) is 13.7. The van der Waals surface area contributed by atoms with E-state index in [1.807, 2.05) is 36.4 Å². The zero-order valence-corrected chi connectivity index (χ0v) is 13.3. The average molecular weight is 319 g/mol. The summed E-state index contributed by atoms with van der Waals surface area (Å²) < 4.78 is 5.38. The molecule has 1 aliphatic rings. The fraction of sp³-hybridized carbons (Fsp3) is 0.211. The van der Waals surface area contributed by atoms with Gasteiger partial charge in [0, 0.05) is 29.3 Å². The number of ether oxygens (including phenoxy) is 1. The topological polar surface area (TPSA) is 64.1 Å². The van der Waals surface area contributed by atoms with Gasteiger partial charge in [-0.1, -0.05) is 6.07 Å². The molecule has 0 spiro atoms. The summed E-state index contributed by atoms with van der Waals surface area (Å²) in [6, 6.07) is 11.6. The number of aromatic nitrogens is 2. The van der Waals surface area contributed by atoms with Gasteiger partial charge in [0.1, 0.15) is 17.1 Å². The van der Waals surface area contributed by atoms with Crippen LogP contribution in [0.2, 0.25) is 0 Å². The summed E-state index contributed by atoms with van der Waals surface area (Å²) in [5.74, 6) is 1.57. The molecule has 0 bridgehead atoms. The summed E-state index contributed by atoms with van der Waals surface area (Å²) in [4.78, 5) is 20.6. The number of rotatable bonds is 4. The number of anilines is 1. The van der Waals surface area contributed by atoms with Crippen molar-refractivity contribution in [2.75, 3.05) is 12.4 Å². The van der Waals surface area contributed by atoms with Crippen LogP contribution in [0.4, 0.5) is 5.82 Å². The molecule has 0 atom stereocenters. The summed E-state index contributed by atoms with van der Waals surface area (Å²) in [7, 11) is 1.64. The smallest absolute Gasteiger partial charge is 0.228 e. The van der Waals surface area contributed by atoms with Crippen LogP contribution in [0, 0.1) is 5.92 Å². The van der Waals surface area contributed by atoms with Gasteiger partial charge in [-0.05, 0) is 48.7 Å². The second-order valence-corrected chi connectivity index (χ2v) is 5.91. The van der Waals surface area contributed by atoms with Crippen LogP contribution >= 0.6 is 0 Å². The van der Waals surface area contributed by atoms with Crippen molar-refractivity contribution >= 4 is 22.6 Å². The van der Waals surface area contributed by atoms with Crippen molar-refractivity contribution in [1.82, 2.24) is 9.97 Å². The van der Waals surface area contributed by atoms with E-state index in [4.69, 9.17) is 4.74 Å². The van der Waals surface area contributed by atoms with Gasteiger partial charge < -0.3 is 10.1 Å². The summed E-state index contributed by atoms with van der Waals surface area (Å²) in [6.45, 7) is 0. The third-order valence-electron chi connectivity index (χ3n) is 4.23. The Morgan fingerprint density at radius 3 is 2.75 bits per heavy atom. The van der Waals surface area contributed by atoms with E-state index in [1.54, 1.807) is 19.5 Å². The van der Waals surface area contributed by atoms with Crippen molar-refractivity contribution in [3.05, 3.63) is 48.8 Å². The van der Waals surface area contributed by atoms with Crippen LogP contribution in [-0.4, -0.2) is 23.0 Å². The Bertz CT molecular complexity index is 902. The molecule has 5 nitrogen and oxygen atoms in total. The zero-order chi connectivity index (χ0) is 16.5. The van der Waals surface area contributed by atoms with Crippen molar-refractivity contribution < 1.29 is 9.53 Å². The van der Waals surface area contributed by atoms with E-state index in [0.29, 0.717) is 5.82 Å². The second kappa shape index (κ2) is 5.92. The minimum atomic E-state index is 0.0642. The number of nitrogens with zero attached hydrogens (tertiary/aromatic N) is 2. The third-order valence-corrected chi connectivity index (χ3v) is 4.23. The molecule has 1 amide bonds. The number of amides is 1. The lowest BCUT2D eigenvalue weighted by Crippen LogP contribution is -2.14. The number of nitrogens with one attached hydrogen (secondary N) is 1. The van der Waals surface area contributed by atoms with E-state index in [1.165, 1.54) is 0 Å². The zero-order valence-electron chi connectivity index (χ0n) is 13.3. The first-order valence-corrected chi connectivity index (χ1v) is 7.95. The molecule has 1 saturated carbocycles. The fourth-order valence-electron chi connectivity index (χ4n) is 2.76. The Hall–Kier alpha value is -2.95. The monoisotopic (exact) mass is 319 g/mol. The Labute approximate surface area is 139 Å². The number of hydrogen-bond donors (Lipinski definition) is 1. The standard InChI is InChI=1S/C19H17N3O2/c1-24-16-8-7-14(15-3-2-10-20-18(15)16)13-6-9-17(21-11-13)22-19(23)12-4-5-12/h2-3,6-12H,4-5H2,1H3,(H,21,22,23). The maximum atomic E-state index is 11.8. The van der Waals surface area contributed by atoms with E-state index in [-0.39, 0.29) is 11.8 Å². The third kappa shape index (κ3) is 2.69. The highest BCUT2D eigenvalue weighted by Gasteiger charge is 2.29. The lowest BCUT2D eigenvalue weighted by molar-refractivity contribution is -0.117. The van der Waals surface area contributed by atoms with E-state index in [9.17, 15) is 4.79 Å². The lowest BCUT2D eigenvalue weighted by atomic mass is 10.0. The van der Waals surface area contributed by atoms with Crippen LogP contribution in [0.3, 0.4) is 0 Å². The van der Waals surface area contributed by atoms with Crippen LogP contribution in [-0.2, 0) is 4.79 Å². The molecule has 0 unspecified atom stereocenters. The van der Waals surface area contributed by atoms with Crippen LogP contribution < -0.4 is 10.1 Å². The lowest BCUT2D eigenvalue weighted by Gasteiger charge is -2.10. The van der Waals surface area contributed by atoms with E-state index in [2.05, 4.69) is 15.3 Å². The minimum Gasteiger partial charge on any atom is -0.494 e. The molecule has 1 fully saturated rings. The van der Waals surface area contributed by atoms with Crippen molar-refractivity contribution in [2.24, 2.45) is 5.92 Å². The van der Waals surface area contributed by atoms with Gasteiger partial charge in [-0.15, -0.1) is 0 Å². The fourth-order valence-corrected chi connectivity index (χ4v) is 2.76. The molecule has 5 heteroatoms. The maximum absolute atomic E-state index is 11.8. The van der Waals surface area contributed by atoms with E-state index >= 15 is 0 Å². The minimum absolute atomic E-state index is 0.0642. The molecule has 120 valence electrons. The van der Waals surface area contributed by atoms with Crippen molar-refractivity contribution in [1.29, 1.82) is 0 Å². The van der Waals surface area contributed by atoms with Crippen LogP contribution in [0.15, 0.2) is 48.8 Å². The van der Waals surface area contributed by atoms with E-state index in [0.717, 1.165) is 40.6 Å². The largest absolute Gasteiger partial charge is 0.494 e. The summed E-state index contributed by atoms with van der Waals surface area (Å²) in [5.41, 5.74) is 2.83. The van der Waals surface area contributed by atoms with Gasteiger partial charge in [-0.25, -0.2) is 4.98 Å². The maximum Gasteiger partial charge on any atom is 0.228 e. The molecule has 24 heavy (non-hydrogen) atoms. The number of methoxy groups -OCH3 is 1. The molecule has 1 aromatic carbocycles. The van der Waals surface area contributed by atoms with Gasteiger partial charge in [0.2, 0.25) is 5.91 Å². The molecule has 1 N–H and O–H groups in total. The van der Waals surface area contributed by atoms with Crippen molar-refractivity contribution in [3.63, 3.8) is 0 Å². The first-order valence-electron chi connectivity index (χ1n) is 7.95. The highest BCUT2D eigenvalue weighted by molar-refractivity contribution is 5.98. The molecule has 2 heterocycles. The molecule has 0 radical (unpaired) electrons. The van der Waals surface area contributed by atoms with Crippen LogP contribution in [0.5, 0.6) is 5.75 Å². The number of benzene rings is 1. The van der Waals surface area contributed by atoms with Crippen molar-refractivity contribution in [2.45, 2.75) is 12.8 Å². The highest BCUT2D eigenvalue weighted by Crippen LogP contribution is 2.33. The molecule has 2 aromatic heterocycles. The molecule has 0 aliphatic heterocycles.